The van der Waals surface area contributed by atoms with E-state index in [0.717, 1.165) is 6.26 Å². The minimum atomic E-state index is -3.38. The summed E-state index contributed by atoms with van der Waals surface area (Å²) in [5.41, 5.74) is 0.987. The number of anilines is 2. The molecule has 0 spiro atoms. The van der Waals surface area contributed by atoms with Crippen molar-refractivity contribution in [3.05, 3.63) is 18.2 Å². The Kier molecular flexibility index (Phi) is 4.80. The molecule has 1 aliphatic rings. The highest BCUT2D eigenvalue weighted by Gasteiger charge is 2.25. The molecule has 0 aromatic heterocycles. The molecule has 1 heterocycles. The number of nitrogens with one attached hydrogen (secondary N) is 1. The quantitative estimate of drug-likeness (QED) is 0.913. The maximum absolute atomic E-state index is 12.1. The standard InChI is InChI=1S/C14H21N3O4S/c1-4-16(5-2)14(18)15-11-6-7-13-12(10-11)17(8-9-21-13)22(3,19)20/h6-7,10H,4-5,8-9H2,1-3H3,(H,15,18). The lowest BCUT2D eigenvalue weighted by atomic mass is 10.2. The van der Waals surface area contributed by atoms with Gasteiger partial charge in [-0.25, -0.2) is 13.2 Å². The van der Waals surface area contributed by atoms with Crippen molar-refractivity contribution in [2.75, 3.05) is 42.1 Å². The molecule has 0 saturated carbocycles. The molecule has 1 aromatic carbocycles. The molecule has 0 radical (unpaired) electrons. The molecular formula is C14H21N3O4S. The fraction of sp³-hybridized carbons (Fsp3) is 0.500. The van der Waals surface area contributed by atoms with E-state index in [4.69, 9.17) is 4.74 Å². The second-order valence-corrected chi connectivity index (χ2v) is 6.88. The summed E-state index contributed by atoms with van der Waals surface area (Å²) in [6.07, 6.45) is 1.16. The van der Waals surface area contributed by atoms with E-state index in [1.165, 1.54) is 4.31 Å². The van der Waals surface area contributed by atoms with Crippen molar-refractivity contribution in [2.45, 2.75) is 13.8 Å². The first-order valence-corrected chi connectivity index (χ1v) is 9.02. The molecule has 1 N–H and O–H groups in total. The summed E-state index contributed by atoms with van der Waals surface area (Å²) in [6, 6.07) is 4.78. The number of fused-ring (bicyclic) bond motifs is 1. The van der Waals surface area contributed by atoms with Gasteiger partial charge in [-0.05, 0) is 32.0 Å². The predicted octanol–water partition coefficient (Wildman–Crippen LogP) is 1.72. The number of rotatable bonds is 4. The first-order chi connectivity index (χ1) is 10.4. The highest BCUT2D eigenvalue weighted by Crippen LogP contribution is 2.35. The summed E-state index contributed by atoms with van der Waals surface area (Å²) >= 11 is 0. The van der Waals surface area contributed by atoms with E-state index in [-0.39, 0.29) is 12.6 Å². The Bertz CT molecular complexity index is 656. The van der Waals surface area contributed by atoms with E-state index in [0.29, 0.717) is 36.8 Å². The van der Waals surface area contributed by atoms with Crippen LogP contribution in [-0.2, 0) is 10.0 Å². The molecule has 2 amide bonds. The molecule has 0 bridgehead atoms. The van der Waals surface area contributed by atoms with Crippen LogP contribution < -0.4 is 14.4 Å². The smallest absolute Gasteiger partial charge is 0.321 e. The van der Waals surface area contributed by atoms with Gasteiger partial charge in [0, 0.05) is 18.8 Å². The van der Waals surface area contributed by atoms with Crippen molar-refractivity contribution in [2.24, 2.45) is 0 Å². The number of benzene rings is 1. The van der Waals surface area contributed by atoms with Crippen LogP contribution in [-0.4, -0.2) is 51.8 Å². The Morgan fingerprint density at radius 1 is 1.36 bits per heavy atom. The number of carbonyl (C=O) groups is 1. The highest BCUT2D eigenvalue weighted by molar-refractivity contribution is 7.92. The van der Waals surface area contributed by atoms with Crippen LogP contribution in [0.2, 0.25) is 0 Å². The normalized spacial score (nSPS) is 14.0. The van der Waals surface area contributed by atoms with Crippen LogP contribution in [0.25, 0.3) is 0 Å². The van der Waals surface area contributed by atoms with Crippen molar-refractivity contribution in [3.8, 4) is 5.75 Å². The monoisotopic (exact) mass is 327 g/mol. The molecule has 1 aromatic rings. The number of hydrogen-bond donors (Lipinski definition) is 1. The van der Waals surface area contributed by atoms with Crippen LogP contribution in [0.1, 0.15) is 13.8 Å². The molecule has 0 aliphatic carbocycles. The number of carbonyl (C=O) groups excluding carboxylic acids is 1. The second-order valence-electron chi connectivity index (χ2n) is 4.97. The SMILES string of the molecule is CCN(CC)C(=O)Nc1ccc2c(c1)N(S(C)(=O)=O)CCO2. The topological polar surface area (TPSA) is 79.0 Å². The van der Waals surface area contributed by atoms with Crippen molar-refractivity contribution >= 4 is 27.4 Å². The van der Waals surface area contributed by atoms with E-state index < -0.39 is 10.0 Å². The summed E-state index contributed by atoms with van der Waals surface area (Å²) in [5.74, 6) is 0.498. The van der Waals surface area contributed by atoms with E-state index >= 15 is 0 Å². The zero-order valence-electron chi connectivity index (χ0n) is 13.0. The number of hydrogen-bond acceptors (Lipinski definition) is 4. The van der Waals surface area contributed by atoms with E-state index in [1.54, 1.807) is 23.1 Å². The first kappa shape index (κ1) is 16.4. The molecule has 0 unspecified atom stereocenters. The van der Waals surface area contributed by atoms with Gasteiger partial charge >= 0.3 is 6.03 Å². The molecule has 7 nitrogen and oxygen atoms in total. The fourth-order valence-electron chi connectivity index (χ4n) is 2.33. The lowest BCUT2D eigenvalue weighted by molar-refractivity contribution is 0.217. The molecule has 122 valence electrons. The Labute approximate surface area is 130 Å². The van der Waals surface area contributed by atoms with Gasteiger partial charge in [0.05, 0.1) is 18.5 Å². The summed E-state index contributed by atoms with van der Waals surface area (Å²) in [6.45, 7) is 5.58. The van der Waals surface area contributed by atoms with Gasteiger partial charge in [-0.15, -0.1) is 0 Å². The van der Waals surface area contributed by atoms with Crippen LogP contribution >= 0.6 is 0 Å². The minimum Gasteiger partial charge on any atom is -0.489 e. The van der Waals surface area contributed by atoms with Gasteiger partial charge in [-0.1, -0.05) is 0 Å². The fourth-order valence-corrected chi connectivity index (χ4v) is 3.24. The molecule has 0 atom stereocenters. The molecule has 8 heteroatoms. The summed E-state index contributed by atoms with van der Waals surface area (Å²) in [7, 11) is -3.38. The molecule has 22 heavy (non-hydrogen) atoms. The number of ether oxygens (including phenoxy) is 1. The van der Waals surface area contributed by atoms with Gasteiger partial charge < -0.3 is 15.0 Å². The Hall–Kier alpha value is -1.96. The number of amides is 2. The lowest BCUT2D eigenvalue weighted by Crippen LogP contribution is -2.37. The van der Waals surface area contributed by atoms with Crippen molar-refractivity contribution in [1.29, 1.82) is 0 Å². The van der Waals surface area contributed by atoms with Gasteiger partial charge in [-0.3, -0.25) is 4.31 Å². The Morgan fingerprint density at radius 2 is 2.05 bits per heavy atom. The highest BCUT2D eigenvalue weighted by atomic mass is 32.2. The number of urea groups is 1. The van der Waals surface area contributed by atoms with Crippen LogP contribution in [0.3, 0.4) is 0 Å². The Morgan fingerprint density at radius 3 is 2.64 bits per heavy atom. The van der Waals surface area contributed by atoms with Crippen LogP contribution in [0.4, 0.5) is 16.2 Å². The van der Waals surface area contributed by atoms with Crippen LogP contribution in [0.5, 0.6) is 5.75 Å². The third-order valence-electron chi connectivity index (χ3n) is 3.48. The Balaban J connectivity index is 2.28. The van der Waals surface area contributed by atoms with Gasteiger partial charge in [-0.2, -0.15) is 0 Å². The molecule has 0 saturated heterocycles. The molecular weight excluding hydrogens is 306 g/mol. The zero-order valence-corrected chi connectivity index (χ0v) is 13.8. The van der Waals surface area contributed by atoms with E-state index in [2.05, 4.69) is 5.32 Å². The maximum Gasteiger partial charge on any atom is 0.321 e. The first-order valence-electron chi connectivity index (χ1n) is 7.17. The average Bonchev–Trinajstić information content (AvgIpc) is 2.46. The third-order valence-corrected chi connectivity index (χ3v) is 4.66. The summed E-state index contributed by atoms with van der Waals surface area (Å²) in [5, 5.41) is 2.78. The van der Waals surface area contributed by atoms with Gasteiger partial charge in [0.2, 0.25) is 10.0 Å². The van der Waals surface area contributed by atoms with E-state index in [9.17, 15) is 13.2 Å². The second kappa shape index (κ2) is 6.43. The molecule has 1 aliphatic heterocycles. The zero-order chi connectivity index (χ0) is 16.3. The minimum absolute atomic E-state index is 0.215. The third kappa shape index (κ3) is 3.44. The van der Waals surface area contributed by atoms with Crippen LogP contribution in [0.15, 0.2) is 18.2 Å². The lowest BCUT2D eigenvalue weighted by Gasteiger charge is -2.29. The average molecular weight is 327 g/mol. The maximum atomic E-state index is 12.1. The molecule has 0 fully saturated rings. The van der Waals surface area contributed by atoms with Crippen molar-refractivity contribution in [3.63, 3.8) is 0 Å². The largest absolute Gasteiger partial charge is 0.489 e. The van der Waals surface area contributed by atoms with E-state index in [1.807, 2.05) is 13.8 Å². The predicted molar refractivity (Wildman–Crippen MR) is 86.1 cm³/mol. The van der Waals surface area contributed by atoms with Gasteiger partial charge in [0.25, 0.3) is 0 Å². The number of sulfonamides is 1. The summed E-state index contributed by atoms with van der Waals surface area (Å²) < 4.78 is 30.5. The van der Waals surface area contributed by atoms with Crippen molar-refractivity contribution < 1.29 is 17.9 Å². The van der Waals surface area contributed by atoms with Gasteiger partial charge in [0.15, 0.2) is 0 Å². The molecule has 2 rings (SSSR count). The van der Waals surface area contributed by atoms with Gasteiger partial charge in [0.1, 0.15) is 12.4 Å². The van der Waals surface area contributed by atoms with Crippen LogP contribution in [0, 0.1) is 0 Å². The van der Waals surface area contributed by atoms with Crippen molar-refractivity contribution in [1.82, 2.24) is 4.90 Å². The summed E-state index contributed by atoms with van der Waals surface area (Å²) in [4.78, 5) is 13.7. The number of nitrogens with zero attached hydrogens (tertiary/aromatic N) is 2.